The molecule has 46 heavy (non-hydrogen) atoms. The quantitative estimate of drug-likeness (QED) is 0.172. The molecule has 6 aromatic rings. The molecule has 0 radical (unpaired) electrons. The zero-order chi connectivity index (χ0) is 31.7. The van der Waals surface area contributed by atoms with Crippen molar-refractivity contribution in [2.75, 3.05) is 0 Å². The number of rotatable bonds is 7. The normalized spacial score (nSPS) is 13.4. The fourth-order valence-electron chi connectivity index (χ4n) is 6.52. The standard InChI is InChI=1S/C44H36N2/c1-30(16-13-17-31(2)36-25-15-27-39-42(36)37-24-11-12-26-38(37)44(39,3)4)34-22-14-23-35(28-34)41-29-40(32-18-7-5-8-19-32)45-43(46-41)33-20-9-6-10-21-33/h5-29H,1H2,2-4H3/b16-13-,31-17+. The van der Waals surface area contributed by atoms with Crippen LogP contribution in [0.2, 0.25) is 0 Å². The van der Waals surface area contributed by atoms with E-state index in [-0.39, 0.29) is 5.41 Å². The van der Waals surface area contributed by atoms with E-state index < -0.39 is 0 Å². The molecule has 0 saturated heterocycles. The number of allylic oxidation sites excluding steroid dienone is 5. The van der Waals surface area contributed by atoms with E-state index in [1.54, 1.807) is 0 Å². The van der Waals surface area contributed by atoms with Gasteiger partial charge in [0.15, 0.2) is 5.82 Å². The molecule has 0 aliphatic heterocycles. The Hall–Kier alpha value is -5.60. The average Bonchev–Trinajstić information content (AvgIpc) is 3.35. The van der Waals surface area contributed by atoms with Crippen LogP contribution in [0, 0.1) is 0 Å². The van der Waals surface area contributed by atoms with Gasteiger partial charge >= 0.3 is 0 Å². The molecular formula is C44H36N2. The highest BCUT2D eigenvalue weighted by Gasteiger charge is 2.36. The molecule has 0 spiro atoms. The number of nitrogens with zero attached hydrogens (tertiary/aromatic N) is 2. The summed E-state index contributed by atoms with van der Waals surface area (Å²) in [6.07, 6.45) is 6.40. The van der Waals surface area contributed by atoms with E-state index in [0.29, 0.717) is 5.82 Å². The maximum atomic E-state index is 5.01. The van der Waals surface area contributed by atoms with Gasteiger partial charge in [-0.15, -0.1) is 0 Å². The second-order valence-corrected chi connectivity index (χ2v) is 12.4. The summed E-state index contributed by atoms with van der Waals surface area (Å²) in [6, 6.07) is 46.5. The van der Waals surface area contributed by atoms with Crippen LogP contribution in [0.5, 0.6) is 0 Å². The van der Waals surface area contributed by atoms with Gasteiger partial charge in [-0.2, -0.15) is 0 Å². The van der Waals surface area contributed by atoms with Gasteiger partial charge in [-0.3, -0.25) is 0 Å². The lowest BCUT2D eigenvalue weighted by Gasteiger charge is -2.21. The summed E-state index contributed by atoms with van der Waals surface area (Å²) in [6.45, 7) is 11.3. The maximum Gasteiger partial charge on any atom is 0.160 e. The summed E-state index contributed by atoms with van der Waals surface area (Å²) in [7, 11) is 0. The SMILES string of the molecule is C=C(/C=C\C=C(/C)c1cccc2c1-c1ccccc1C2(C)C)c1cccc(-c2cc(-c3ccccc3)nc(-c3ccccc3)n2)c1. The molecule has 222 valence electrons. The second-order valence-electron chi connectivity index (χ2n) is 12.4. The minimum absolute atomic E-state index is 0.00918. The van der Waals surface area contributed by atoms with Crippen molar-refractivity contribution in [2.45, 2.75) is 26.2 Å². The van der Waals surface area contributed by atoms with Crippen molar-refractivity contribution in [3.63, 3.8) is 0 Å². The second kappa shape index (κ2) is 12.1. The average molecular weight is 593 g/mol. The third-order valence-electron chi connectivity index (χ3n) is 9.03. The van der Waals surface area contributed by atoms with E-state index in [9.17, 15) is 0 Å². The molecule has 0 bridgehead atoms. The Morgan fingerprint density at radius 1 is 0.630 bits per heavy atom. The molecule has 2 nitrogen and oxygen atoms in total. The highest BCUT2D eigenvalue weighted by Crippen LogP contribution is 2.50. The molecule has 5 aromatic carbocycles. The number of hydrogen-bond donors (Lipinski definition) is 0. The number of aromatic nitrogens is 2. The zero-order valence-corrected chi connectivity index (χ0v) is 26.5. The Morgan fingerprint density at radius 3 is 2.00 bits per heavy atom. The molecule has 0 fully saturated rings. The van der Waals surface area contributed by atoms with Crippen LogP contribution in [0.3, 0.4) is 0 Å². The van der Waals surface area contributed by atoms with E-state index in [2.05, 4.69) is 143 Å². The summed E-state index contributed by atoms with van der Waals surface area (Å²) in [5.74, 6) is 0.708. The van der Waals surface area contributed by atoms with Crippen molar-refractivity contribution >= 4 is 11.1 Å². The van der Waals surface area contributed by atoms with Gasteiger partial charge in [-0.05, 0) is 63.6 Å². The van der Waals surface area contributed by atoms with Crippen molar-refractivity contribution in [1.82, 2.24) is 9.97 Å². The van der Waals surface area contributed by atoms with E-state index in [0.717, 1.165) is 39.2 Å². The van der Waals surface area contributed by atoms with Crippen LogP contribution < -0.4 is 0 Å². The molecule has 1 aromatic heterocycles. The first-order chi connectivity index (χ1) is 22.4. The fraction of sp³-hybridized carbons (Fsp3) is 0.0909. The predicted octanol–water partition coefficient (Wildman–Crippen LogP) is 11.5. The number of benzene rings is 5. The third kappa shape index (κ3) is 5.44. The van der Waals surface area contributed by atoms with Gasteiger partial charge in [0.25, 0.3) is 0 Å². The Balaban J connectivity index is 1.19. The first-order valence-corrected chi connectivity index (χ1v) is 15.8. The van der Waals surface area contributed by atoms with Crippen molar-refractivity contribution in [3.8, 4) is 45.0 Å². The van der Waals surface area contributed by atoms with E-state index in [1.165, 1.54) is 33.4 Å². The summed E-state index contributed by atoms with van der Waals surface area (Å²) >= 11 is 0. The van der Waals surface area contributed by atoms with Crippen molar-refractivity contribution in [2.24, 2.45) is 0 Å². The number of fused-ring (bicyclic) bond motifs is 3. The Morgan fingerprint density at radius 2 is 1.24 bits per heavy atom. The minimum Gasteiger partial charge on any atom is -0.228 e. The molecule has 7 rings (SSSR count). The van der Waals surface area contributed by atoms with Gasteiger partial charge in [0, 0.05) is 22.1 Å². The third-order valence-corrected chi connectivity index (χ3v) is 9.03. The van der Waals surface area contributed by atoms with E-state index in [1.807, 2.05) is 36.4 Å². The molecule has 2 heteroatoms. The molecule has 0 saturated carbocycles. The molecular weight excluding hydrogens is 556 g/mol. The topological polar surface area (TPSA) is 25.8 Å². The smallest absolute Gasteiger partial charge is 0.160 e. The molecule has 0 unspecified atom stereocenters. The van der Waals surface area contributed by atoms with Crippen LogP contribution in [0.4, 0.5) is 0 Å². The first-order valence-electron chi connectivity index (χ1n) is 15.8. The minimum atomic E-state index is -0.00918. The summed E-state index contributed by atoms with van der Waals surface area (Å²) in [5, 5.41) is 0. The molecule has 0 amide bonds. The molecule has 1 aliphatic carbocycles. The van der Waals surface area contributed by atoms with Gasteiger partial charge in [0.05, 0.1) is 11.4 Å². The van der Waals surface area contributed by atoms with Crippen LogP contribution in [0.25, 0.3) is 56.2 Å². The molecule has 0 atom stereocenters. The number of hydrogen-bond acceptors (Lipinski definition) is 2. The lowest BCUT2D eigenvalue weighted by Crippen LogP contribution is -2.14. The lowest BCUT2D eigenvalue weighted by molar-refractivity contribution is 0.660. The zero-order valence-electron chi connectivity index (χ0n) is 26.5. The van der Waals surface area contributed by atoms with Gasteiger partial charge in [-0.1, -0.05) is 160 Å². The van der Waals surface area contributed by atoms with Gasteiger partial charge < -0.3 is 0 Å². The van der Waals surface area contributed by atoms with Crippen LogP contribution in [-0.4, -0.2) is 9.97 Å². The highest BCUT2D eigenvalue weighted by atomic mass is 14.9. The summed E-state index contributed by atoms with van der Waals surface area (Å²) in [5.41, 5.74) is 14.8. The predicted molar refractivity (Wildman–Crippen MR) is 194 cm³/mol. The van der Waals surface area contributed by atoms with Crippen molar-refractivity contribution in [1.29, 1.82) is 0 Å². The Labute approximate surface area is 272 Å². The van der Waals surface area contributed by atoms with Crippen LogP contribution in [0.1, 0.15) is 43.0 Å². The highest BCUT2D eigenvalue weighted by molar-refractivity contribution is 5.90. The molecule has 1 aliphatic rings. The molecule has 0 N–H and O–H groups in total. The lowest BCUT2D eigenvalue weighted by atomic mass is 9.82. The fourth-order valence-corrected chi connectivity index (χ4v) is 6.52. The van der Waals surface area contributed by atoms with Crippen LogP contribution in [-0.2, 0) is 5.41 Å². The van der Waals surface area contributed by atoms with Crippen molar-refractivity contribution in [3.05, 3.63) is 181 Å². The van der Waals surface area contributed by atoms with Crippen molar-refractivity contribution < 1.29 is 0 Å². The Kier molecular flexibility index (Phi) is 7.64. The monoisotopic (exact) mass is 592 g/mol. The van der Waals surface area contributed by atoms with Gasteiger partial charge in [0.1, 0.15) is 0 Å². The van der Waals surface area contributed by atoms with E-state index in [4.69, 9.17) is 9.97 Å². The molecule has 1 heterocycles. The first kappa shape index (κ1) is 29.1. The Bertz CT molecular complexity index is 2080. The summed E-state index contributed by atoms with van der Waals surface area (Å²) in [4.78, 5) is 9.94. The van der Waals surface area contributed by atoms with Crippen LogP contribution in [0.15, 0.2) is 158 Å². The van der Waals surface area contributed by atoms with Crippen LogP contribution >= 0.6 is 0 Å². The largest absolute Gasteiger partial charge is 0.228 e. The summed E-state index contributed by atoms with van der Waals surface area (Å²) < 4.78 is 0. The van der Waals surface area contributed by atoms with E-state index >= 15 is 0 Å². The van der Waals surface area contributed by atoms with Gasteiger partial charge in [-0.25, -0.2) is 9.97 Å². The van der Waals surface area contributed by atoms with Gasteiger partial charge in [0.2, 0.25) is 0 Å². The maximum absolute atomic E-state index is 5.01.